The maximum Gasteiger partial charge on any atom is 0.303 e. The van der Waals surface area contributed by atoms with Crippen LogP contribution in [-0.4, -0.2) is 48.2 Å². The van der Waals surface area contributed by atoms with Crippen LogP contribution in [0.1, 0.15) is 34.6 Å². The van der Waals surface area contributed by atoms with Crippen LogP contribution in [0.3, 0.4) is 0 Å². The zero-order valence-electron chi connectivity index (χ0n) is 19.8. The molecule has 3 aromatic carbocycles. The van der Waals surface area contributed by atoms with Crippen molar-refractivity contribution in [3.05, 3.63) is 94.8 Å². The molecule has 0 saturated heterocycles. The van der Waals surface area contributed by atoms with E-state index in [-0.39, 0.29) is 12.3 Å². The number of carboxylic acids is 1. The van der Waals surface area contributed by atoms with E-state index in [1.807, 2.05) is 56.6 Å². The number of rotatable bonds is 9. The van der Waals surface area contributed by atoms with Gasteiger partial charge in [0.2, 0.25) is 5.91 Å². The lowest BCUT2D eigenvalue weighted by Gasteiger charge is -2.15. The first-order valence-electron chi connectivity index (χ1n) is 11.5. The molecule has 0 spiro atoms. The number of benzene rings is 3. The van der Waals surface area contributed by atoms with Crippen molar-refractivity contribution in [3.8, 4) is 0 Å². The molecule has 180 valence electrons. The second-order valence-electron chi connectivity index (χ2n) is 8.96. The number of likely N-dealkylation sites (N-methyl/N-ethyl adjacent to an activating group) is 1. The van der Waals surface area contributed by atoms with E-state index >= 15 is 0 Å². The Morgan fingerprint density at radius 2 is 1.80 bits per heavy atom. The summed E-state index contributed by atoms with van der Waals surface area (Å²) in [6.45, 7) is 0.905. The summed E-state index contributed by atoms with van der Waals surface area (Å²) < 4.78 is 13.8. The van der Waals surface area contributed by atoms with Gasteiger partial charge in [-0.1, -0.05) is 42.5 Å². The second kappa shape index (κ2) is 10.6. The van der Waals surface area contributed by atoms with Crippen LogP contribution in [0.15, 0.2) is 71.7 Å². The topological polar surface area (TPSA) is 82.0 Å². The fourth-order valence-corrected chi connectivity index (χ4v) is 4.17. The number of aliphatic imine (C=N–C) groups is 1. The van der Waals surface area contributed by atoms with Gasteiger partial charge in [-0.3, -0.25) is 14.6 Å². The zero-order chi connectivity index (χ0) is 24.9. The second-order valence-corrected chi connectivity index (χ2v) is 8.96. The molecule has 1 heterocycles. The van der Waals surface area contributed by atoms with Gasteiger partial charge in [0.15, 0.2) is 0 Å². The standard InChI is InChI=1S/C28H28FN3O3/c1-32(2)15-14-19-4-3-5-22(16-19)30-27(20-9-6-18(7-10-20)8-13-25(33)34)26-23-12-11-21(29)17-24(23)31-28(26)35/h3-7,9-12,16-17,26H,8,13-15H2,1-2H3,(H,31,35)(H,33,34). The van der Waals surface area contributed by atoms with Gasteiger partial charge in [-0.15, -0.1) is 0 Å². The number of fused-ring (bicyclic) bond motifs is 1. The number of anilines is 1. The Hall–Kier alpha value is -3.84. The normalized spacial score (nSPS) is 15.3. The minimum Gasteiger partial charge on any atom is -0.481 e. The molecule has 2 N–H and O–H groups in total. The Kier molecular flexibility index (Phi) is 7.36. The molecule has 3 aromatic rings. The monoisotopic (exact) mass is 473 g/mol. The van der Waals surface area contributed by atoms with Gasteiger partial charge >= 0.3 is 5.97 Å². The highest BCUT2D eigenvalue weighted by Crippen LogP contribution is 2.37. The summed E-state index contributed by atoms with van der Waals surface area (Å²) in [6.07, 6.45) is 1.34. The third-order valence-corrected chi connectivity index (χ3v) is 6.00. The number of amides is 1. The van der Waals surface area contributed by atoms with Crippen LogP contribution >= 0.6 is 0 Å². The molecule has 6 nitrogen and oxygen atoms in total. The largest absolute Gasteiger partial charge is 0.481 e. The van der Waals surface area contributed by atoms with Crippen molar-refractivity contribution in [2.75, 3.05) is 26.0 Å². The summed E-state index contributed by atoms with van der Waals surface area (Å²) in [5.41, 5.74) is 5.19. The van der Waals surface area contributed by atoms with E-state index in [4.69, 9.17) is 10.1 Å². The van der Waals surface area contributed by atoms with Gasteiger partial charge in [-0.25, -0.2) is 4.39 Å². The summed E-state index contributed by atoms with van der Waals surface area (Å²) in [4.78, 5) is 31.0. The highest BCUT2D eigenvalue weighted by Gasteiger charge is 2.35. The lowest BCUT2D eigenvalue weighted by atomic mass is 9.90. The molecule has 0 fully saturated rings. The minimum absolute atomic E-state index is 0.0456. The van der Waals surface area contributed by atoms with Crippen LogP contribution in [-0.2, 0) is 22.4 Å². The number of halogens is 1. The minimum atomic E-state index is -0.850. The smallest absolute Gasteiger partial charge is 0.303 e. The first kappa shape index (κ1) is 24.3. The van der Waals surface area contributed by atoms with Gasteiger partial charge in [-0.05, 0) is 73.5 Å². The number of nitrogens with zero attached hydrogens (tertiary/aromatic N) is 2. The molecule has 7 heteroatoms. The molecule has 1 atom stereocenters. The average Bonchev–Trinajstić information content (AvgIpc) is 3.15. The maximum absolute atomic E-state index is 13.8. The van der Waals surface area contributed by atoms with Crippen LogP contribution in [0, 0.1) is 5.82 Å². The quantitative estimate of drug-likeness (QED) is 0.437. The predicted molar refractivity (Wildman–Crippen MR) is 135 cm³/mol. The third-order valence-electron chi connectivity index (χ3n) is 6.00. The number of hydrogen-bond donors (Lipinski definition) is 2. The van der Waals surface area contributed by atoms with Crippen molar-refractivity contribution in [1.82, 2.24) is 4.90 Å². The van der Waals surface area contributed by atoms with Crippen LogP contribution in [0.2, 0.25) is 0 Å². The molecule has 0 aliphatic carbocycles. The van der Waals surface area contributed by atoms with Crippen molar-refractivity contribution < 1.29 is 19.1 Å². The van der Waals surface area contributed by atoms with E-state index < -0.39 is 17.7 Å². The number of carboxylic acid groups (broad SMARTS) is 1. The van der Waals surface area contributed by atoms with Crippen molar-refractivity contribution >= 4 is 29.0 Å². The summed E-state index contributed by atoms with van der Waals surface area (Å²) in [5.74, 6) is -2.22. The van der Waals surface area contributed by atoms with Gasteiger partial charge in [0.25, 0.3) is 0 Å². The molecule has 0 bridgehead atoms. The van der Waals surface area contributed by atoms with Crippen LogP contribution < -0.4 is 5.32 Å². The van der Waals surface area contributed by atoms with Crippen LogP contribution in [0.4, 0.5) is 15.8 Å². The molecule has 1 aliphatic rings. The molecule has 1 unspecified atom stereocenters. The van der Waals surface area contributed by atoms with E-state index in [1.165, 1.54) is 12.1 Å². The number of aliphatic carboxylic acids is 1. The van der Waals surface area contributed by atoms with Crippen LogP contribution in [0.25, 0.3) is 0 Å². The Labute approximate surface area is 204 Å². The van der Waals surface area contributed by atoms with E-state index in [0.717, 1.165) is 35.3 Å². The Bertz CT molecular complexity index is 1270. The molecule has 35 heavy (non-hydrogen) atoms. The van der Waals surface area contributed by atoms with Gasteiger partial charge in [0.05, 0.1) is 11.4 Å². The van der Waals surface area contributed by atoms with Crippen molar-refractivity contribution in [2.45, 2.75) is 25.2 Å². The Morgan fingerprint density at radius 1 is 1.03 bits per heavy atom. The number of aryl methyl sites for hydroxylation is 1. The highest BCUT2D eigenvalue weighted by atomic mass is 19.1. The van der Waals surface area contributed by atoms with Gasteiger partial charge < -0.3 is 15.3 Å². The lowest BCUT2D eigenvalue weighted by molar-refractivity contribution is -0.137. The van der Waals surface area contributed by atoms with Crippen LogP contribution in [0.5, 0.6) is 0 Å². The predicted octanol–water partition coefficient (Wildman–Crippen LogP) is 4.80. The summed E-state index contributed by atoms with van der Waals surface area (Å²) >= 11 is 0. The molecular formula is C28H28FN3O3. The first-order chi connectivity index (χ1) is 16.8. The fraction of sp³-hybridized carbons (Fsp3) is 0.250. The van der Waals surface area contributed by atoms with Gasteiger partial charge in [-0.2, -0.15) is 0 Å². The number of carbonyl (C=O) groups is 2. The molecule has 0 radical (unpaired) electrons. The molecular weight excluding hydrogens is 445 g/mol. The molecule has 4 rings (SSSR count). The molecule has 0 aromatic heterocycles. The summed E-state index contributed by atoms with van der Waals surface area (Å²) in [5, 5.41) is 11.7. The van der Waals surface area contributed by atoms with Gasteiger partial charge in [0, 0.05) is 18.7 Å². The van der Waals surface area contributed by atoms with E-state index in [9.17, 15) is 14.0 Å². The lowest BCUT2D eigenvalue weighted by Crippen LogP contribution is -2.22. The Morgan fingerprint density at radius 3 is 2.51 bits per heavy atom. The zero-order valence-corrected chi connectivity index (χ0v) is 19.8. The fourth-order valence-electron chi connectivity index (χ4n) is 4.17. The Balaban J connectivity index is 1.74. The molecule has 0 saturated carbocycles. The number of nitrogens with one attached hydrogen (secondary N) is 1. The summed E-state index contributed by atoms with van der Waals surface area (Å²) in [7, 11) is 4.05. The van der Waals surface area contributed by atoms with E-state index in [1.54, 1.807) is 6.07 Å². The number of carbonyl (C=O) groups excluding carboxylic acids is 1. The summed E-state index contributed by atoms with van der Waals surface area (Å²) in [6, 6.07) is 19.7. The number of hydrogen-bond acceptors (Lipinski definition) is 4. The first-order valence-corrected chi connectivity index (χ1v) is 11.5. The maximum atomic E-state index is 13.8. The van der Waals surface area contributed by atoms with Gasteiger partial charge in [0.1, 0.15) is 11.7 Å². The van der Waals surface area contributed by atoms with Crippen molar-refractivity contribution in [2.24, 2.45) is 4.99 Å². The highest BCUT2D eigenvalue weighted by molar-refractivity contribution is 6.24. The third kappa shape index (κ3) is 6.00. The van der Waals surface area contributed by atoms with Crippen molar-refractivity contribution in [1.29, 1.82) is 0 Å². The van der Waals surface area contributed by atoms with E-state index in [2.05, 4.69) is 16.3 Å². The molecule has 1 amide bonds. The van der Waals surface area contributed by atoms with Crippen molar-refractivity contribution in [3.63, 3.8) is 0 Å². The van der Waals surface area contributed by atoms with E-state index in [0.29, 0.717) is 23.4 Å². The SMILES string of the molecule is CN(C)CCc1cccc(N=C(c2ccc(CCC(=O)O)cc2)C2C(=O)Nc3cc(F)ccc32)c1. The average molecular weight is 474 g/mol. The molecule has 1 aliphatic heterocycles.